The molecule has 0 aliphatic carbocycles. The molecule has 1 aliphatic rings. The van der Waals surface area contributed by atoms with Crippen molar-refractivity contribution in [3.8, 4) is 5.75 Å². The van der Waals surface area contributed by atoms with Gasteiger partial charge >= 0.3 is 0 Å². The molecule has 4 aromatic rings. The molecule has 0 saturated heterocycles. The smallest absolute Gasteiger partial charge is 0.291 e. The molecular weight excluding hydrogens is 418 g/mol. The van der Waals surface area contributed by atoms with E-state index in [9.17, 15) is 9.59 Å². The predicted molar refractivity (Wildman–Crippen MR) is 125 cm³/mol. The number of carbonyl (C=O) groups is 1. The highest BCUT2D eigenvalue weighted by Crippen LogP contribution is 2.39. The van der Waals surface area contributed by atoms with Gasteiger partial charge in [-0.25, -0.2) is 0 Å². The third-order valence-corrected chi connectivity index (χ3v) is 6.16. The second-order valence-corrected chi connectivity index (χ2v) is 8.44. The number of furan rings is 1. The minimum absolute atomic E-state index is 0.0959. The summed E-state index contributed by atoms with van der Waals surface area (Å²) >= 11 is 0. The van der Waals surface area contributed by atoms with Crippen molar-refractivity contribution in [1.82, 2.24) is 4.90 Å². The molecule has 33 heavy (non-hydrogen) atoms. The van der Waals surface area contributed by atoms with E-state index in [1.807, 2.05) is 56.3 Å². The lowest BCUT2D eigenvalue weighted by Crippen LogP contribution is -2.29. The maximum absolute atomic E-state index is 13.7. The average Bonchev–Trinajstić information content (AvgIpc) is 3.42. The molecule has 168 valence electrons. The Morgan fingerprint density at radius 2 is 1.79 bits per heavy atom. The van der Waals surface area contributed by atoms with Crippen molar-refractivity contribution in [3.63, 3.8) is 0 Å². The van der Waals surface area contributed by atoms with E-state index >= 15 is 0 Å². The molecule has 1 unspecified atom stereocenters. The summed E-state index contributed by atoms with van der Waals surface area (Å²) < 4.78 is 17.3. The highest BCUT2D eigenvalue weighted by atomic mass is 16.5. The summed E-state index contributed by atoms with van der Waals surface area (Å²) in [6, 6.07) is 14.2. The molecular formula is C27H25NO5. The number of hydrogen-bond acceptors (Lipinski definition) is 5. The van der Waals surface area contributed by atoms with Crippen LogP contribution in [0.4, 0.5) is 0 Å². The van der Waals surface area contributed by atoms with Gasteiger partial charge in [0.05, 0.1) is 36.4 Å². The third-order valence-electron chi connectivity index (χ3n) is 6.16. The van der Waals surface area contributed by atoms with Gasteiger partial charge in [-0.1, -0.05) is 19.1 Å². The first-order valence-electron chi connectivity index (χ1n) is 11.1. The van der Waals surface area contributed by atoms with Gasteiger partial charge in [0.25, 0.3) is 5.91 Å². The lowest BCUT2D eigenvalue weighted by atomic mass is 9.97. The van der Waals surface area contributed by atoms with E-state index in [4.69, 9.17) is 13.6 Å². The first-order chi connectivity index (χ1) is 16.0. The van der Waals surface area contributed by atoms with Gasteiger partial charge in [-0.05, 0) is 73.4 Å². The zero-order valence-corrected chi connectivity index (χ0v) is 18.9. The van der Waals surface area contributed by atoms with E-state index < -0.39 is 6.04 Å². The molecule has 6 heteroatoms. The minimum atomic E-state index is -0.583. The number of benzene rings is 2. The zero-order chi connectivity index (χ0) is 23.1. The Bertz CT molecular complexity index is 1380. The molecule has 0 N–H and O–H groups in total. The Morgan fingerprint density at radius 1 is 1.03 bits per heavy atom. The fraction of sp³-hybridized carbons (Fsp3) is 0.259. The van der Waals surface area contributed by atoms with E-state index in [0.717, 1.165) is 28.9 Å². The molecule has 2 aromatic heterocycles. The topological polar surface area (TPSA) is 72.9 Å². The Kier molecular flexibility index (Phi) is 5.29. The predicted octanol–water partition coefficient (Wildman–Crippen LogP) is 5.54. The number of hydrogen-bond donors (Lipinski definition) is 0. The maximum atomic E-state index is 13.7. The van der Waals surface area contributed by atoms with Crippen LogP contribution in [-0.4, -0.2) is 17.4 Å². The van der Waals surface area contributed by atoms with Gasteiger partial charge in [0.2, 0.25) is 5.76 Å². The van der Waals surface area contributed by atoms with E-state index in [1.54, 1.807) is 17.2 Å². The van der Waals surface area contributed by atoms with Crippen molar-refractivity contribution >= 4 is 16.9 Å². The van der Waals surface area contributed by atoms with Gasteiger partial charge in [0.15, 0.2) is 5.43 Å². The highest BCUT2D eigenvalue weighted by molar-refractivity contribution is 5.99. The van der Waals surface area contributed by atoms with Crippen LogP contribution in [0.1, 0.15) is 58.0 Å². The first-order valence-corrected chi connectivity index (χ1v) is 11.1. The fourth-order valence-electron chi connectivity index (χ4n) is 4.32. The van der Waals surface area contributed by atoms with Crippen molar-refractivity contribution in [2.45, 2.75) is 39.8 Å². The molecule has 5 rings (SSSR count). The van der Waals surface area contributed by atoms with E-state index in [0.29, 0.717) is 28.9 Å². The van der Waals surface area contributed by atoms with Crippen molar-refractivity contribution in [3.05, 3.63) is 98.8 Å². The third kappa shape index (κ3) is 3.61. The summed E-state index contributed by atoms with van der Waals surface area (Å²) in [5.74, 6) is 1.15. The number of amides is 1. The molecule has 1 atom stereocenters. The SMILES string of the molecule is CCCOc1ccc(C2c3c(oc4cc(C)c(C)cc4c3=O)C(=O)N2Cc2ccco2)cc1. The van der Waals surface area contributed by atoms with Crippen LogP contribution in [0.25, 0.3) is 11.0 Å². The summed E-state index contributed by atoms with van der Waals surface area (Å²) in [5.41, 5.74) is 3.43. The number of fused-ring (bicyclic) bond motifs is 2. The van der Waals surface area contributed by atoms with Gasteiger partial charge in [-0.2, -0.15) is 0 Å². The van der Waals surface area contributed by atoms with Crippen molar-refractivity contribution in [2.75, 3.05) is 6.61 Å². The number of ether oxygens (including phenoxy) is 1. The first kappa shape index (κ1) is 21.1. The highest BCUT2D eigenvalue weighted by Gasteiger charge is 2.43. The second-order valence-electron chi connectivity index (χ2n) is 8.44. The van der Waals surface area contributed by atoms with Crippen molar-refractivity contribution in [1.29, 1.82) is 0 Å². The van der Waals surface area contributed by atoms with Gasteiger partial charge in [-0.15, -0.1) is 0 Å². The zero-order valence-electron chi connectivity index (χ0n) is 18.9. The normalized spacial score (nSPS) is 15.3. The summed E-state index contributed by atoms with van der Waals surface area (Å²) in [6.45, 7) is 6.82. The molecule has 2 aromatic carbocycles. The molecule has 1 amide bonds. The molecule has 0 saturated carbocycles. The van der Waals surface area contributed by atoms with Crippen LogP contribution in [0.15, 0.2) is 68.4 Å². The van der Waals surface area contributed by atoms with Crippen molar-refractivity contribution < 1.29 is 18.4 Å². The van der Waals surface area contributed by atoms with Crippen LogP contribution in [0.2, 0.25) is 0 Å². The molecule has 1 aliphatic heterocycles. The van der Waals surface area contributed by atoms with Crippen LogP contribution < -0.4 is 10.2 Å². The second kappa shape index (κ2) is 8.28. The molecule has 6 nitrogen and oxygen atoms in total. The van der Waals surface area contributed by atoms with Gasteiger partial charge in [0.1, 0.15) is 17.1 Å². The van der Waals surface area contributed by atoms with E-state index in [-0.39, 0.29) is 23.6 Å². The lowest BCUT2D eigenvalue weighted by Gasteiger charge is -2.24. The quantitative estimate of drug-likeness (QED) is 0.391. The number of aryl methyl sites for hydroxylation is 2. The molecule has 0 spiro atoms. The van der Waals surface area contributed by atoms with Crippen molar-refractivity contribution in [2.24, 2.45) is 0 Å². The van der Waals surface area contributed by atoms with Crippen LogP contribution >= 0.6 is 0 Å². The molecule has 3 heterocycles. The number of carbonyl (C=O) groups excluding carboxylic acids is 1. The number of nitrogens with zero attached hydrogens (tertiary/aromatic N) is 1. The van der Waals surface area contributed by atoms with Crippen LogP contribution in [-0.2, 0) is 6.54 Å². The maximum Gasteiger partial charge on any atom is 0.291 e. The Morgan fingerprint density at radius 3 is 2.48 bits per heavy atom. The Balaban J connectivity index is 1.67. The Labute approximate surface area is 191 Å². The summed E-state index contributed by atoms with van der Waals surface area (Å²) in [6.07, 6.45) is 2.48. The Hall–Kier alpha value is -3.80. The molecule has 0 bridgehead atoms. The van der Waals surface area contributed by atoms with E-state index in [1.165, 1.54) is 0 Å². The largest absolute Gasteiger partial charge is 0.494 e. The average molecular weight is 443 g/mol. The fourth-order valence-corrected chi connectivity index (χ4v) is 4.32. The lowest BCUT2D eigenvalue weighted by molar-refractivity contribution is 0.0701. The summed E-state index contributed by atoms with van der Waals surface area (Å²) in [7, 11) is 0. The summed E-state index contributed by atoms with van der Waals surface area (Å²) in [5, 5.41) is 0.484. The molecule has 0 fully saturated rings. The van der Waals surface area contributed by atoms with Gasteiger partial charge < -0.3 is 18.5 Å². The van der Waals surface area contributed by atoms with E-state index in [2.05, 4.69) is 6.92 Å². The van der Waals surface area contributed by atoms with Crippen LogP contribution in [0.3, 0.4) is 0 Å². The molecule has 0 radical (unpaired) electrons. The van der Waals surface area contributed by atoms with Gasteiger partial charge in [0, 0.05) is 0 Å². The minimum Gasteiger partial charge on any atom is -0.494 e. The van der Waals surface area contributed by atoms with Crippen LogP contribution in [0, 0.1) is 13.8 Å². The van der Waals surface area contributed by atoms with Gasteiger partial charge in [-0.3, -0.25) is 9.59 Å². The monoisotopic (exact) mass is 443 g/mol. The standard InChI is InChI=1S/C27H25NO5/c1-4-11-31-19-9-7-18(8-10-19)24-23-25(29)21-13-16(2)17(3)14-22(21)33-26(23)27(30)28(24)15-20-6-5-12-32-20/h5-10,12-14,24H,4,11,15H2,1-3H3. The number of rotatable bonds is 6. The van der Waals surface area contributed by atoms with Crippen LogP contribution in [0.5, 0.6) is 5.75 Å². The summed E-state index contributed by atoms with van der Waals surface area (Å²) in [4.78, 5) is 28.8.